The lowest BCUT2D eigenvalue weighted by atomic mass is 10.1. The van der Waals surface area contributed by atoms with Gasteiger partial charge in [-0.1, -0.05) is 48.5 Å². The smallest absolute Gasteiger partial charge is 0.256 e. The third-order valence-corrected chi connectivity index (χ3v) is 2.93. The van der Waals surface area contributed by atoms with Crippen LogP contribution in [0.2, 0.25) is 0 Å². The molecule has 1 amide bonds. The zero-order valence-corrected chi connectivity index (χ0v) is 10.9. The first-order chi connectivity index (χ1) is 9.18. The number of carbonyl (C=O) groups excluding carboxylic acids is 1. The van der Waals surface area contributed by atoms with Gasteiger partial charge >= 0.3 is 0 Å². The molecule has 1 atom stereocenters. The second-order valence-corrected chi connectivity index (χ2v) is 4.42. The summed E-state index contributed by atoms with van der Waals surface area (Å²) in [7, 11) is 0. The van der Waals surface area contributed by atoms with Gasteiger partial charge in [-0.25, -0.2) is 0 Å². The third-order valence-electron chi connectivity index (χ3n) is 2.93. The fourth-order valence-corrected chi connectivity index (χ4v) is 1.90. The lowest BCUT2D eigenvalue weighted by molar-refractivity contribution is 0.0137. The van der Waals surface area contributed by atoms with Crippen LogP contribution < -0.4 is 0 Å². The molecule has 3 nitrogen and oxygen atoms in total. The highest BCUT2D eigenvalue weighted by atomic mass is 16.3. The van der Waals surface area contributed by atoms with E-state index in [0.717, 1.165) is 5.56 Å². The summed E-state index contributed by atoms with van der Waals surface area (Å²) in [5.74, 6) is -0.167. The molecule has 0 radical (unpaired) electrons. The molecular formula is C16H17NO2. The molecule has 0 aliphatic rings. The Balaban J connectivity index is 2.19. The minimum atomic E-state index is -0.826. The fraction of sp³-hybridized carbons (Fsp3) is 0.188. The summed E-state index contributed by atoms with van der Waals surface area (Å²) in [5, 5.41) is 9.81. The number of amides is 1. The topological polar surface area (TPSA) is 40.5 Å². The molecular weight excluding hydrogens is 238 g/mol. The van der Waals surface area contributed by atoms with Crippen LogP contribution in [0.5, 0.6) is 0 Å². The Morgan fingerprint density at radius 2 is 1.58 bits per heavy atom. The van der Waals surface area contributed by atoms with Crippen LogP contribution >= 0.6 is 0 Å². The summed E-state index contributed by atoms with van der Waals surface area (Å²) in [6.45, 7) is 2.00. The zero-order chi connectivity index (χ0) is 13.7. The van der Waals surface area contributed by atoms with Gasteiger partial charge in [0.1, 0.15) is 6.23 Å². The maximum atomic E-state index is 12.4. The Kier molecular flexibility index (Phi) is 4.31. The van der Waals surface area contributed by atoms with Gasteiger partial charge in [-0.3, -0.25) is 4.79 Å². The first-order valence-corrected chi connectivity index (χ1v) is 6.26. The zero-order valence-electron chi connectivity index (χ0n) is 10.9. The van der Waals surface area contributed by atoms with Crippen LogP contribution in [0.4, 0.5) is 0 Å². The van der Waals surface area contributed by atoms with Crippen molar-refractivity contribution in [2.75, 3.05) is 0 Å². The highest BCUT2D eigenvalue weighted by molar-refractivity contribution is 5.94. The van der Waals surface area contributed by atoms with E-state index in [9.17, 15) is 9.90 Å². The predicted octanol–water partition coefficient (Wildman–Crippen LogP) is 2.67. The van der Waals surface area contributed by atoms with Crippen LogP contribution in [0.1, 0.15) is 22.8 Å². The van der Waals surface area contributed by atoms with E-state index in [1.165, 1.54) is 4.90 Å². The molecule has 0 aliphatic carbocycles. The van der Waals surface area contributed by atoms with E-state index in [4.69, 9.17) is 0 Å². The van der Waals surface area contributed by atoms with Crippen molar-refractivity contribution < 1.29 is 9.90 Å². The SMILES string of the molecule is CC(O)N(Cc1ccccc1)C(=O)c1ccccc1. The summed E-state index contributed by atoms with van der Waals surface area (Å²) < 4.78 is 0. The first kappa shape index (κ1) is 13.3. The number of aliphatic hydroxyl groups is 1. The van der Waals surface area contributed by atoms with Crippen LogP contribution in [0.25, 0.3) is 0 Å². The summed E-state index contributed by atoms with van der Waals surface area (Å²) >= 11 is 0. The number of rotatable bonds is 4. The van der Waals surface area contributed by atoms with Gasteiger partial charge in [0.25, 0.3) is 5.91 Å². The molecule has 2 rings (SSSR count). The van der Waals surface area contributed by atoms with E-state index in [1.807, 2.05) is 48.5 Å². The standard InChI is InChI=1S/C16H17NO2/c1-13(18)17(12-14-8-4-2-5-9-14)16(19)15-10-6-3-7-11-15/h2-11,13,18H,12H2,1H3. The molecule has 1 unspecified atom stereocenters. The van der Waals surface area contributed by atoms with Gasteiger partial charge in [0, 0.05) is 12.1 Å². The minimum Gasteiger partial charge on any atom is -0.374 e. The third kappa shape index (κ3) is 3.42. The van der Waals surface area contributed by atoms with E-state index >= 15 is 0 Å². The molecule has 2 aromatic carbocycles. The van der Waals surface area contributed by atoms with Gasteiger partial charge in [0.15, 0.2) is 0 Å². The van der Waals surface area contributed by atoms with Crippen LogP contribution in [0.15, 0.2) is 60.7 Å². The largest absolute Gasteiger partial charge is 0.374 e. The van der Waals surface area contributed by atoms with Crippen LogP contribution in [-0.2, 0) is 6.54 Å². The van der Waals surface area contributed by atoms with E-state index in [1.54, 1.807) is 19.1 Å². The average Bonchev–Trinajstić information content (AvgIpc) is 2.46. The molecule has 0 bridgehead atoms. The Bertz CT molecular complexity index is 523. The first-order valence-electron chi connectivity index (χ1n) is 6.26. The van der Waals surface area contributed by atoms with Crippen molar-refractivity contribution in [3.8, 4) is 0 Å². The number of benzene rings is 2. The van der Waals surface area contributed by atoms with Crippen molar-refractivity contribution >= 4 is 5.91 Å². The Morgan fingerprint density at radius 3 is 2.11 bits per heavy atom. The molecule has 2 aromatic rings. The monoisotopic (exact) mass is 255 g/mol. The van der Waals surface area contributed by atoms with Crippen molar-refractivity contribution in [1.29, 1.82) is 0 Å². The van der Waals surface area contributed by atoms with Gasteiger partial charge < -0.3 is 10.0 Å². The lowest BCUT2D eigenvalue weighted by Gasteiger charge is -2.25. The number of hydrogen-bond acceptors (Lipinski definition) is 2. The number of carbonyl (C=O) groups is 1. The van der Waals surface area contributed by atoms with Crippen molar-refractivity contribution in [2.45, 2.75) is 19.7 Å². The Labute approximate surface area is 113 Å². The van der Waals surface area contributed by atoms with E-state index in [-0.39, 0.29) is 5.91 Å². The molecule has 0 spiro atoms. The maximum absolute atomic E-state index is 12.4. The van der Waals surface area contributed by atoms with Crippen molar-refractivity contribution in [3.63, 3.8) is 0 Å². The lowest BCUT2D eigenvalue weighted by Crippen LogP contribution is -2.37. The second kappa shape index (κ2) is 6.16. The Hall–Kier alpha value is -2.13. The van der Waals surface area contributed by atoms with Crippen LogP contribution in [0, 0.1) is 0 Å². The molecule has 19 heavy (non-hydrogen) atoms. The van der Waals surface area contributed by atoms with E-state index in [0.29, 0.717) is 12.1 Å². The number of nitrogens with zero attached hydrogens (tertiary/aromatic N) is 1. The summed E-state index contributed by atoms with van der Waals surface area (Å²) in [5.41, 5.74) is 1.58. The average molecular weight is 255 g/mol. The molecule has 0 heterocycles. The minimum absolute atomic E-state index is 0.167. The maximum Gasteiger partial charge on any atom is 0.256 e. The number of aliphatic hydroxyl groups excluding tert-OH is 1. The summed E-state index contributed by atoms with van der Waals surface area (Å²) in [6.07, 6.45) is -0.826. The van der Waals surface area contributed by atoms with Crippen LogP contribution in [-0.4, -0.2) is 22.1 Å². The molecule has 0 saturated heterocycles. The summed E-state index contributed by atoms with van der Waals surface area (Å²) in [4.78, 5) is 13.8. The van der Waals surface area contributed by atoms with Crippen molar-refractivity contribution in [3.05, 3.63) is 71.8 Å². The van der Waals surface area contributed by atoms with Gasteiger partial charge in [0.05, 0.1) is 0 Å². The van der Waals surface area contributed by atoms with E-state index < -0.39 is 6.23 Å². The van der Waals surface area contributed by atoms with Gasteiger partial charge in [-0.2, -0.15) is 0 Å². The van der Waals surface area contributed by atoms with Gasteiger partial charge in [-0.05, 0) is 24.6 Å². The molecule has 3 heteroatoms. The van der Waals surface area contributed by atoms with Crippen LogP contribution in [0.3, 0.4) is 0 Å². The second-order valence-electron chi connectivity index (χ2n) is 4.42. The molecule has 0 aliphatic heterocycles. The van der Waals surface area contributed by atoms with Crippen molar-refractivity contribution in [1.82, 2.24) is 4.90 Å². The fourth-order valence-electron chi connectivity index (χ4n) is 1.90. The van der Waals surface area contributed by atoms with Crippen molar-refractivity contribution in [2.24, 2.45) is 0 Å². The molecule has 0 aromatic heterocycles. The highest BCUT2D eigenvalue weighted by Crippen LogP contribution is 2.12. The van der Waals surface area contributed by atoms with Gasteiger partial charge in [-0.15, -0.1) is 0 Å². The van der Waals surface area contributed by atoms with E-state index in [2.05, 4.69) is 0 Å². The number of hydrogen-bond donors (Lipinski definition) is 1. The van der Waals surface area contributed by atoms with Gasteiger partial charge in [0.2, 0.25) is 0 Å². The molecule has 0 saturated carbocycles. The Morgan fingerprint density at radius 1 is 1.05 bits per heavy atom. The quantitative estimate of drug-likeness (QED) is 0.853. The molecule has 1 N–H and O–H groups in total. The molecule has 0 fully saturated rings. The normalized spacial score (nSPS) is 11.9. The predicted molar refractivity (Wildman–Crippen MR) is 74.4 cm³/mol. The summed E-state index contributed by atoms with van der Waals surface area (Å²) in [6, 6.07) is 18.6. The highest BCUT2D eigenvalue weighted by Gasteiger charge is 2.19. The molecule has 98 valence electrons.